The van der Waals surface area contributed by atoms with Crippen LogP contribution in [-0.4, -0.2) is 29.5 Å². The van der Waals surface area contributed by atoms with Gasteiger partial charge in [0.1, 0.15) is 10.7 Å². The minimum atomic E-state index is -5.17. The summed E-state index contributed by atoms with van der Waals surface area (Å²) >= 11 is 0. The van der Waals surface area contributed by atoms with Gasteiger partial charge >= 0.3 is 12.4 Å². The Hall–Kier alpha value is -3.88. The Morgan fingerprint density at radius 2 is 1.67 bits per heavy atom. The number of furan rings is 1. The van der Waals surface area contributed by atoms with E-state index < -0.39 is 56.4 Å². The molecule has 0 radical (unpaired) electrons. The van der Waals surface area contributed by atoms with Gasteiger partial charge in [-0.3, -0.25) is 9.71 Å². The summed E-state index contributed by atoms with van der Waals surface area (Å²) < 4.78 is 119. The predicted molar refractivity (Wildman–Crippen MR) is 112 cm³/mol. The average Bonchev–Trinajstić information content (AvgIpc) is 3.20. The van der Waals surface area contributed by atoms with Crippen LogP contribution in [0.3, 0.4) is 0 Å². The van der Waals surface area contributed by atoms with Crippen molar-refractivity contribution in [2.24, 2.45) is 0 Å². The molecule has 190 valence electrons. The molecule has 4 aromatic rings. The normalized spacial score (nSPS) is 13.5. The molecule has 0 aliphatic heterocycles. The van der Waals surface area contributed by atoms with Crippen LogP contribution in [0.25, 0.3) is 11.0 Å². The van der Waals surface area contributed by atoms with E-state index in [-0.39, 0.29) is 16.8 Å². The van der Waals surface area contributed by atoms with Crippen LogP contribution < -0.4 is 9.46 Å². The zero-order chi connectivity index (χ0) is 26.3. The first-order chi connectivity index (χ1) is 16.8. The molecule has 1 atom stereocenters. The van der Waals surface area contributed by atoms with E-state index in [0.717, 1.165) is 19.2 Å². The standard InChI is InChI=1S/C21H14F6N4O4S/c1-11-9-15(17(34-11)21(25,26)27)36(32,33)31-18-19(30-14-7-3-2-6-13(14)29-18)35-16(20(22,23)24)12-5-4-8-28-10-12/h2-10,16H,1H3,(H,29,31). The van der Waals surface area contributed by atoms with E-state index in [2.05, 4.69) is 19.4 Å². The van der Waals surface area contributed by atoms with E-state index in [1.54, 1.807) is 4.72 Å². The van der Waals surface area contributed by atoms with Crippen molar-refractivity contribution in [2.75, 3.05) is 4.72 Å². The second kappa shape index (κ2) is 8.96. The first-order valence-electron chi connectivity index (χ1n) is 9.86. The number of para-hydroxylation sites is 2. The van der Waals surface area contributed by atoms with Gasteiger partial charge in [0.15, 0.2) is 0 Å². The van der Waals surface area contributed by atoms with Gasteiger partial charge in [0, 0.05) is 24.0 Å². The Bertz CT molecular complexity index is 1500. The fourth-order valence-electron chi connectivity index (χ4n) is 3.17. The molecule has 0 aliphatic rings. The molecule has 8 nitrogen and oxygen atoms in total. The van der Waals surface area contributed by atoms with E-state index in [1.165, 1.54) is 36.5 Å². The summed E-state index contributed by atoms with van der Waals surface area (Å²) in [4.78, 5) is 10.2. The number of alkyl halides is 6. The molecule has 36 heavy (non-hydrogen) atoms. The van der Waals surface area contributed by atoms with Crippen molar-refractivity contribution in [2.45, 2.75) is 30.3 Å². The highest BCUT2D eigenvalue weighted by Gasteiger charge is 2.45. The van der Waals surface area contributed by atoms with Crippen LogP contribution in [0.4, 0.5) is 32.2 Å². The lowest BCUT2D eigenvalue weighted by Crippen LogP contribution is -2.27. The zero-order valence-electron chi connectivity index (χ0n) is 17.9. The maximum absolute atomic E-state index is 13.8. The number of rotatable bonds is 6. The highest BCUT2D eigenvalue weighted by Crippen LogP contribution is 2.40. The number of hydrogen-bond acceptors (Lipinski definition) is 7. The number of aromatic nitrogens is 3. The molecule has 0 bridgehead atoms. The summed E-state index contributed by atoms with van der Waals surface area (Å²) in [5, 5.41) is 0. The van der Waals surface area contributed by atoms with Crippen LogP contribution in [0.2, 0.25) is 0 Å². The molecular formula is C21H14F6N4O4S. The van der Waals surface area contributed by atoms with E-state index in [9.17, 15) is 34.8 Å². The van der Waals surface area contributed by atoms with Crippen molar-refractivity contribution in [3.63, 3.8) is 0 Å². The third kappa shape index (κ3) is 5.19. The van der Waals surface area contributed by atoms with E-state index in [1.807, 2.05) is 0 Å². The number of benzene rings is 1. The second-order valence-electron chi connectivity index (χ2n) is 7.35. The predicted octanol–water partition coefficient (Wildman–Crippen LogP) is 5.43. The van der Waals surface area contributed by atoms with Gasteiger partial charge in [-0.15, -0.1) is 0 Å². The molecule has 0 saturated carbocycles. The number of ether oxygens (including phenoxy) is 1. The number of halogens is 6. The molecule has 1 aromatic carbocycles. The first kappa shape index (κ1) is 25.2. The lowest BCUT2D eigenvalue weighted by atomic mass is 10.1. The number of nitrogens with zero attached hydrogens (tertiary/aromatic N) is 3. The minimum Gasteiger partial charge on any atom is -0.457 e. The highest BCUT2D eigenvalue weighted by atomic mass is 32.2. The lowest BCUT2D eigenvalue weighted by molar-refractivity contribution is -0.198. The monoisotopic (exact) mass is 532 g/mol. The fourth-order valence-corrected chi connectivity index (χ4v) is 4.39. The number of fused-ring (bicyclic) bond motifs is 1. The third-order valence-electron chi connectivity index (χ3n) is 4.65. The van der Waals surface area contributed by atoms with Crippen molar-refractivity contribution in [3.05, 3.63) is 71.9 Å². The van der Waals surface area contributed by atoms with E-state index in [4.69, 9.17) is 4.74 Å². The zero-order valence-corrected chi connectivity index (χ0v) is 18.7. The summed E-state index contributed by atoms with van der Waals surface area (Å²) in [6, 6.07) is 8.66. The van der Waals surface area contributed by atoms with Crippen LogP contribution >= 0.6 is 0 Å². The molecule has 3 aromatic heterocycles. The number of anilines is 1. The van der Waals surface area contributed by atoms with E-state index >= 15 is 0 Å². The van der Waals surface area contributed by atoms with Crippen LogP contribution in [0.15, 0.2) is 64.2 Å². The summed E-state index contributed by atoms with van der Waals surface area (Å²) in [5.74, 6) is -3.96. The minimum absolute atomic E-state index is 0.0342. The Labute approximate surface area is 199 Å². The Kier molecular flexibility index (Phi) is 6.28. The van der Waals surface area contributed by atoms with Gasteiger partial charge in [-0.25, -0.2) is 18.4 Å². The van der Waals surface area contributed by atoms with Crippen LogP contribution in [-0.2, 0) is 16.2 Å². The number of hydrogen-bond donors (Lipinski definition) is 1. The van der Waals surface area contributed by atoms with Crippen LogP contribution in [0.5, 0.6) is 5.88 Å². The Morgan fingerprint density at radius 3 is 2.25 bits per heavy atom. The molecule has 0 fully saturated rings. The largest absolute Gasteiger partial charge is 0.457 e. The molecule has 4 rings (SSSR count). The fraction of sp³-hybridized carbons (Fsp3) is 0.190. The lowest BCUT2D eigenvalue weighted by Gasteiger charge is -2.22. The molecule has 15 heteroatoms. The summed E-state index contributed by atoms with van der Waals surface area (Å²) in [7, 11) is -5.07. The smallest absolute Gasteiger partial charge is 0.450 e. The molecule has 1 N–H and O–H groups in total. The molecule has 1 unspecified atom stereocenters. The van der Waals surface area contributed by atoms with Gasteiger partial charge in [0.05, 0.1) is 11.0 Å². The van der Waals surface area contributed by atoms with Crippen molar-refractivity contribution in [1.29, 1.82) is 0 Å². The molecular weight excluding hydrogens is 518 g/mol. The van der Waals surface area contributed by atoms with Gasteiger partial charge in [0.25, 0.3) is 15.9 Å². The van der Waals surface area contributed by atoms with Gasteiger partial charge in [-0.2, -0.15) is 26.3 Å². The maximum atomic E-state index is 13.8. The molecule has 0 saturated heterocycles. The van der Waals surface area contributed by atoms with Crippen LogP contribution in [0.1, 0.15) is 23.2 Å². The number of pyridine rings is 1. The molecule has 3 heterocycles. The summed E-state index contributed by atoms with van der Waals surface area (Å²) in [6.07, 6.45) is -10.7. The molecule has 0 aliphatic carbocycles. The van der Waals surface area contributed by atoms with Crippen molar-refractivity contribution >= 4 is 26.9 Å². The third-order valence-corrected chi connectivity index (χ3v) is 6.00. The van der Waals surface area contributed by atoms with Crippen molar-refractivity contribution in [3.8, 4) is 5.88 Å². The van der Waals surface area contributed by atoms with Crippen molar-refractivity contribution in [1.82, 2.24) is 15.0 Å². The Balaban J connectivity index is 1.83. The van der Waals surface area contributed by atoms with Gasteiger partial charge in [-0.05, 0) is 25.1 Å². The topological polar surface area (TPSA) is 107 Å². The van der Waals surface area contributed by atoms with Crippen molar-refractivity contribution < 1.29 is 43.9 Å². The molecule has 0 amide bonds. The maximum Gasteiger partial charge on any atom is 0.450 e. The van der Waals surface area contributed by atoms with Crippen LogP contribution in [0, 0.1) is 6.92 Å². The average molecular weight is 532 g/mol. The number of aryl methyl sites for hydroxylation is 1. The summed E-state index contributed by atoms with van der Waals surface area (Å²) in [5.41, 5.74) is -0.358. The SMILES string of the molecule is Cc1cc(S(=O)(=O)Nc2nc3ccccc3nc2OC(c2cccnc2)C(F)(F)F)c(C(F)(F)F)o1. The number of sulfonamides is 1. The second-order valence-corrected chi connectivity index (χ2v) is 9.00. The Morgan fingerprint density at radius 1 is 1.00 bits per heavy atom. The first-order valence-corrected chi connectivity index (χ1v) is 11.3. The van der Waals surface area contributed by atoms with Gasteiger partial charge < -0.3 is 9.15 Å². The quantitative estimate of drug-likeness (QED) is 0.330. The number of nitrogens with one attached hydrogen (secondary N) is 1. The highest BCUT2D eigenvalue weighted by molar-refractivity contribution is 7.92. The summed E-state index contributed by atoms with van der Waals surface area (Å²) in [6.45, 7) is 1.10. The van der Waals surface area contributed by atoms with Gasteiger partial charge in [0.2, 0.25) is 17.7 Å². The molecule has 0 spiro atoms. The van der Waals surface area contributed by atoms with Gasteiger partial charge in [-0.1, -0.05) is 18.2 Å². The van der Waals surface area contributed by atoms with E-state index in [0.29, 0.717) is 6.07 Å².